The molecule has 1 heterocycles. The summed E-state index contributed by atoms with van der Waals surface area (Å²) in [5.74, 6) is -0.882. The molecular weight excluding hydrogens is 417 g/mol. The minimum atomic E-state index is -0.525. The maximum absolute atomic E-state index is 12.3. The number of thiophene rings is 1. The molecule has 1 aromatic heterocycles. The quantitative estimate of drug-likeness (QED) is 0.388. The number of carbonyl (C=O) groups is 2. The summed E-state index contributed by atoms with van der Waals surface area (Å²) in [6.07, 6.45) is 3.06. The second-order valence-corrected chi connectivity index (χ2v) is 7.48. The maximum atomic E-state index is 12.3. The van der Waals surface area contributed by atoms with Crippen LogP contribution in [-0.2, 0) is 9.53 Å². The molecule has 0 spiro atoms. The number of methoxy groups -OCH3 is 1. The van der Waals surface area contributed by atoms with Gasteiger partial charge < -0.3 is 10.1 Å². The standard InChI is InChI=1S/C21H15Cl2NO3S/c1-27-21(26)19-17(14-5-9-16(23)10-6-14)12-28-20(19)24-18(25)11-4-13-2-7-15(22)8-3-13/h2-12H,1H3,(H,24,25)/b11-4+. The number of carbonyl (C=O) groups excluding carboxylic acids is 2. The first-order valence-corrected chi connectivity index (χ1v) is 9.82. The molecule has 3 aromatic rings. The van der Waals surface area contributed by atoms with E-state index in [-0.39, 0.29) is 5.91 Å². The van der Waals surface area contributed by atoms with Crippen LogP contribution in [0, 0.1) is 0 Å². The SMILES string of the molecule is COC(=O)c1c(-c2ccc(Cl)cc2)csc1NC(=O)/C=C/c1ccc(Cl)cc1. The van der Waals surface area contributed by atoms with Crippen molar-refractivity contribution < 1.29 is 14.3 Å². The molecule has 28 heavy (non-hydrogen) atoms. The van der Waals surface area contributed by atoms with E-state index in [0.717, 1.165) is 11.1 Å². The normalized spacial score (nSPS) is 10.8. The Kier molecular flexibility index (Phi) is 6.52. The molecule has 0 aliphatic rings. The van der Waals surface area contributed by atoms with Crippen LogP contribution in [-0.4, -0.2) is 19.0 Å². The molecule has 0 unspecified atom stereocenters. The predicted octanol–water partition coefficient (Wildman–Crippen LogP) is 6.16. The zero-order chi connectivity index (χ0) is 20.1. The number of rotatable bonds is 5. The maximum Gasteiger partial charge on any atom is 0.341 e. The minimum Gasteiger partial charge on any atom is -0.465 e. The second-order valence-electron chi connectivity index (χ2n) is 5.73. The lowest BCUT2D eigenvalue weighted by Gasteiger charge is -2.07. The lowest BCUT2D eigenvalue weighted by atomic mass is 10.0. The predicted molar refractivity (Wildman–Crippen MR) is 115 cm³/mol. The van der Waals surface area contributed by atoms with E-state index in [1.165, 1.54) is 24.5 Å². The van der Waals surface area contributed by atoms with Gasteiger partial charge >= 0.3 is 5.97 Å². The Bertz CT molecular complexity index is 1020. The lowest BCUT2D eigenvalue weighted by molar-refractivity contribution is -0.111. The summed E-state index contributed by atoms with van der Waals surface area (Å²) in [5.41, 5.74) is 2.62. The first-order chi connectivity index (χ1) is 13.5. The average Bonchev–Trinajstić information content (AvgIpc) is 3.11. The third-order valence-corrected chi connectivity index (χ3v) is 5.27. The molecule has 0 aliphatic heterocycles. The summed E-state index contributed by atoms with van der Waals surface area (Å²) in [6.45, 7) is 0. The largest absolute Gasteiger partial charge is 0.465 e. The molecule has 7 heteroatoms. The molecule has 1 amide bonds. The summed E-state index contributed by atoms with van der Waals surface area (Å²) in [5, 5.41) is 6.19. The van der Waals surface area contributed by atoms with Gasteiger partial charge in [-0.1, -0.05) is 47.5 Å². The molecule has 0 bridgehead atoms. The molecule has 0 saturated heterocycles. The molecule has 0 saturated carbocycles. The number of anilines is 1. The Morgan fingerprint density at radius 3 is 2.21 bits per heavy atom. The molecule has 0 radical (unpaired) electrons. The van der Waals surface area contributed by atoms with Gasteiger partial charge in [0.1, 0.15) is 10.6 Å². The molecule has 0 atom stereocenters. The van der Waals surface area contributed by atoms with E-state index in [0.29, 0.717) is 26.2 Å². The van der Waals surface area contributed by atoms with Gasteiger partial charge in [-0.25, -0.2) is 4.79 Å². The van der Waals surface area contributed by atoms with Gasteiger partial charge in [-0.05, 0) is 41.5 Å². The lowest BCUT2D eigenvalue weighted by Crippen LogP contribution is -2.11. The van der Waals surface area contributed by atoms with E-state index in [4.69, 9.17) is 27.9 Å². The van der Waals surface area contributed by atoms with Gasteiger partial charge in [-0.15, -0.1) is 11.3 Å². The fraction of sp³-hybridized carbons (Fsp3) is 0.0476. The number of halogens is 2. The number of benzene rings is 2. The number of esters is 1. The Labute approximate surface area is 176 Å². The van der Waals surface area contributed by atoms with Crippen molar-refractivity contribution in [2.75, 3.05) is 12.4 Å². The monoisotopic (exact) mass is 431 g/mol. The Morgan fingerprint density at radius 2 is 1.61 bits per heavy atom. The topological polar surface area (TPSA) is 55.4 Å². The number of ether oxygens (including phenoxy) is 1. The van der Waals surface area contributed by atoms with E-state index in [1.54, 1.807) is 47.9 Å². The van der Waals surface area contributed by atoms with Crippen molar-refractivity contribution in [3.63, 3.8) is 0 Å². The van der Waals surface area contributed by atoms with Gasteiger partial charge in [-0.3, -0.25) is 4.79 Å². The van der Waals surface area contributed by atoms with Crippen LogP contribution in [0.4, 0.5) is 5.00 Å². The Morgan fingerprint density at radius 1 is 1.00 bits per heavy atom. The molecule has 3 rings (SSSR count). The second kappa shape index (κ2) is 9.06. The van der Waals surface area contributed by atoms with Crippen molar-refractivity contribution >= 4 is 57.5 Å². The van der Waals surface area contributed by atoms with Crippen molar-refractivity contribution in [3.05, 3.63) is 81.2 Å². The molecule has 0 fully saturated rings. The van der Waals surface area contributed by atoms with Crippen LogP contribution < -0.4 is 5.32 Å². The van der Waals surface area contributed by atoms with E-state index >= 15 is 0 Å². The minimum absolute atomic E-state index is 0.308. The van der Waals surface area contributed by atoms with Crippen molar-refractivity contribution in [1.82, 2.24) is 0 Å². The van der Waals surface area contributed by atoms with Gasteiger partial charge in [-0.2, -0.15) is 0 Å². The van der Waals surface area contributed by atoms with Crippen LogP contribution in [0.2, 0.25) is 10.0 Å². The van der Waals surface area contributed by atoms with Crippen LogP contribution >= 0.6 is 34.5 Å². The van der Waals surface area contributed by atoms with Crippen molar-refractivity contribution in [2.24, 2.45) is 0 Å². The van der Waals surface area contributed by atoms with Crippen molar-refractivity contribution in [2.45, 2.75) is 0 Å². The fourth-order valence-corrected chi connectivity index (χ4v) is 3.71. The summed E-state index contributed by atoms with van der Waals surface area (Å²) in [6, 6.07) is 14.2. The van der Waals surface area contributed by atoms with Crippen molar-refractivity contribution in [1.29, 1.82) is 0 Å². The first-order valence-electron chi connectivity index (χ1n) is 8.18. The Balaban J connectivity index is 1.85. The van der Waals surface area contributed by atoms with E-state index in [2.05, 4.69) is 5.32 Å². The first kappa shape index (κ1) is 20.1. The summed E-state index contributed by atoms with van der Waals surface area (Å²) >= 11 is 13.0. The van der Waals surface area contributed by atoms with E-state index < -0.39 is 5.97 Å². The van der Waals surface area contributed by atoms with Crippen LogP contribution in [0.3, 0.4) is 0 Å². The van der Waals surface area contributed by atoms with Gasteiger partial charge in [0.05, 0.1) is 7.11 Å². The molecule has 4 nitrogen and oxygen atoms in total. The number of amides is 1. The van der Waals surface area contributed by atoms with Crippen LogP contribution in [0.5, 0.6) is 0 Å². The third-order valence-electron chi connectivity index (χ3n) is 3.87. The van der Waals surface area contributed by atoms with E-state index in [9.17, 15) is 9.59 Å². The number of hydrogen-bond acceptors (Lipinski definition) is 4. The van der Waals surface area contributed by atoms with Gasteiger partial charge in [0.2, 0.25) is 5.91 Å². The summed E-state index contributed by atoms with van der Waals surface area (Å²) < 4.78 is 4.90. The Hall–Kier alpha value is -2.60. The highest BCUT2D eigenvalue weighted by molar-refractivity contribution is 7.15. The highest BCUT2D eigenvalue weighted by atomic mass is 35.5. The number of hydrogen-bond donors (Lipinski definition) is 1. The fourth-order valence-electron chi connectivity index (χ4n) is 2.50. The summed E-state index contributed by atoms with van der Waals surface area (Å²) in [7, 11) is 1.30. The molecule has 1 N–H and O–H groups in total. The number of nitrogens with one attached hydrogen (secondary N) is 1. The van der Waals surface area contributed by atoms with Crippen molar-refractivity contribution in [3.8, 4) is 11.1 Å². The molecule has 142 valence electrons. The van der Waals surface area contributed by atoms with Crippen LogP contribution in [0.1, 0.15) is 15.9 Å². The van der Waals surface area contributed by atoms with Crippen LogP contribution in [0.25, 0.3) is 17.2 Å². The highest BCUT2D eigenvalue weighted by Gasteiger charge is 2.21. The van der Waals surface area contributed by atoms with Gasteiger partial charge in [0.25, 0.3) is 0 Å². The molecule has 0 aliphatic carbocycles. The molecular formula is C21H15Cl2NO3S. The smallest absolute Gasteiger partial charge is 0.341 e. The zero-order valence-corrected chi connectivity index (χ0v) is 17.1. The third kappa shape index (κ3) is 4.81. The van der Waals surface area contributed by atoms with Gasteiger partial charge in [0, 0.05) is 27.1 Å². The average molecular weight is 432 g/mol. The summed E-state index contributed by atoms with van der Waals surface area (Å²) in [4.78, 5) is 24.6. The van der Waals surface area contributed by atoms with E-state index in [1.807, 2.05) is 12.1 Å². The zero-order valence-electron chi connectivity index (χ0n) is 14.7. The van der Waals surface area contributed by atoms with Crippen LogP contribution in [0.15, 0.2) is 60.0 Å². The highest BCUT2D eigenvalue weighted by Crippen LogP contribution is 2.36. The molecule has 2 aromatic carbocycles. The van der Waals surface area contributed by atoms with Gasteiger partial charge in [0.15, 0.2) is 0 Å².